The fourth-order valence-electron chi connectivity index (χ4n) is 0.459. The molecule has 0 saturated carbocycles. The lowest BCUT2D eigenvalue weighted by Gasteiger charge is -1.93. The van der Waals surface area contributed by atoms with Crippen molar-refractivity contribution < 1.29 is 4.84 Å². The third-order valence-electron chi connectivity index (χ3n) is 0.788. The second-order valence-corrected chi connectivity index (χ2v) is 2.02. The average molecular weight is 120 g/mol. The van der Waals surface area contributed by atoms with Crippen LogP contribution in [0.2, 0.25) is 0 Å². The fourth-order valence-corrected chi connectivity index (χ4v) is 0.716. The highest BCUT2D eigenvalue weighted by molar-refractivity contribution is 6.65. The highest BCUT2D eigenvalue weighted by Crippen LogP contribution is 2.10. The van der Waals surface area contributed by atoms with E-state index in [-0.39, 0.29) is 6.10 Å². The predicted octanol–water partition coefficient (Wildman–Crippen LogP) is 1.35. The molecule has 1 atom stereocenters. The Balaban J connectivity index is 2.42. The minimum Gasteiger partial charge on any atom is -0.391 e. The Morgan fingerprint density at radius 1 is 2.00 bits per heavy atom. The highest BCUT2D eigenvalue weighted by atomic mass is 35.5. The Bertz CT molecular complexity index is 102. The molecule has 7 heavy (non-hydrogen) atoms. The summed E-state index contributed by atoms with van der Waals surface area (Å²) >= 11 is 5.43. The summed E-state index contributed by atoms with van der Waals surface area (Å²) in [6.45, 7) is 1.93. The molecule has 2 nitrogen and oxygen atoms in total. The first-order chi connectivity index (χ1) is 3.29. The lowest BCUT2D eigenvalue weighted by Crippen LogP contribution is -1.96. The molecule has 0 amide bonds. The van der Waals surface area contributed by atoms with E-state index >= 15 is 0 Å². The summed E-state index contributed by atoms with van der Waals surface area (Å²) in [7, 11) is 0. The van der Waals surface area contributed by atoms with Crippen LogP contribution in [0.25, 0.3) is 0 Å². The van der Waals surface area contributed by atoms with Crippen LogP contribution in [0.3, 0.4) is 0 Å². The van der Waals surface area contributed by atoms with Crippen molar-refractivity contribution in [1.82, 2.24) is 0 Å². The van der Waals surface area contributed by atoms with Crippen molar-refractivity contribution in [2.75, 3.05) is 0 Å². The Morgan fingerprint density at radius 3 is 2.86 bits per heavy atom. The first-order valence-corrected chi connectivity index (χ1v) is 2.55. The summed E-state index contributed by atoms with van der Waals surface area (Å²) in [5, 5.41) is 4.08. The molecule has 0 N–H and O–H groups in total. The van der Waals surface area contributed by atoms with Crippen LogP contribution in [0, 0.1) is 0 Å². The van der Waals surface area contributed by atoms with Gasteiger partial charge in [0.1, 0.15) is 11.3 Å². The fraction of sp³-hybridized carbons (Fsp3) is 0.750. The van der Waals surface area contributed by atoms with Crippen molar-refractivity contribution in [2.24, 2.45) is 5.16 Å². The maximum Gasteiger partial charge on any atom is 0.149 e. The number of rotatable bonds is 0. The van der Waals surface area contributed by atoms with Gasteiger partial charge in [0, 0.05) is 6.42 Å². The molecule has 1 rings (SSSR count). The SMILES string of the molecule is CC1CC(Cl)=NO1. The molecule has 3 heteroatoms. The molecule has 1 unspecified atom stereocenters. The van der Waals surface area contributed by atoms with Gasteiger partial charge in [0.05, 0.1) is 0 Å². The van der Waals surface area contributed by atoms with Crippen LogP contribution in [0.4, 0.5) is 0 Å². The smallest absolute Gasteiger partial charge is 0.149 e. The van der Waals surface area contributed by atoms with E-state index in [1.807, 2.05) is 6.92 Å². The predicted molar refractivity (Wildman–Crippen MR) is 28.5 cm³/mol. The minimum atomic E-state index is 0.187. The molecule has 1 heterocycles. The molecule has 0 aromatic heterocycles. The molecule has 0 bridgehead atoms. The van der Waals surface area contributed by atoms with Crippen molar-refractivity contribution in [2.45, 2.75) is 19.4 Å². The van der Waals surface area contributed by atoms with Crippen LogP contribution in [-0.4, -0.2) is 11.3 Å². The maximum absolute atomic E-state index is 5.43. The summed E-state index contributed by atoms with van der Waals surface area (Å²) in [5.41, 5.74) is 0. The lowest BCUT2D eigenvalue weighted by atomic mass is 10.3. The van der Waals surface area contributed by atoms with E-state index < -0.39 is 0 Å². The zero-order valence-corrected chi connectivity index (χ0v) is 4.77. The van der Waals surface area contributed by atoms with Gasteiger partial charge in [-0.1, -0.05) is 16.8 Å². The molecule has 0 aromatic carbocycles. The number of halogens is 1. The zero-order valence-electron chi connectivity index (χ0n) is 4.02. The van der Waals surface area contributed by atoms with Gasteiger partial charge in [-0.15, -0.1) is 0 Å². The van der Waals surface area contributed by atoms with Crippen LogP contribution < -0.4 is 0 Å². The van der Waals surface area contributed by atoms with E-state index in [1.165, 1.54) is 0 Å². The quantitative estimate of drug-likeness (QED) is 0.472. The summed E-state index contributed by atoms with van der Waals surface area (Å²) in [6.07, 6.45) is 0.953. The number of hydrogen-bond donors (Lipinski definition) is 0. The summed E-state index contributed by atoms with van der Waals surface area (Å²) in [4.78, 5) is 4.72. The average Bonchev–Trinajstić information content (AvgIpc) is 1.87. The van der Waals surface area contributed by atoms with Crippen LogP contribution in [0.1, 0.15) is 13.3 Å². The summed E-state index contributed by atoms with van der Waals surface area (Å²) in [6, 6.07) is 0. The largest absolute Gasteiger partial charge is 0.391 e. The van der Waals surface area contributed by atoms with Gasteiger partial charge in [-0.25, -0.2) is 0 Å². The van der Waals surface area contributed by atoms with Gasteiger partial charge >= 0.3 is 0 Å². The van der Waals surface area contributed by atoms with Crippen molar-refractivity contribution in [3.63, 3.8) is 0 Å². The molecule has 0 aliphatic carbocycles. The van der Waals surface area contributed by atoms with Gasteiger partial charge in [-0.3, -0.25) is 0 Å². The molecule has 1 aliphatic heterocycles. The standard InChI is InChI=1S/C4H6ClNO/c1-3-2-4(5)6-7-3/h3H,2H2,1H3. The molecule has 0 saturated heterocycles. The molecule has 40 valence electrons. The number of oxime groups is 1. The van der Waals surface area contributed by atoms with Crippen molar-refractivity contribution >= 4 is 16.8 Å². The topological polar surface area (TPSA) is 21.6 Å². The third-order valence-corrected chi connectivity index (χ3v) is 1.01. The number of hydrogen-bond acceptors (Lipinski definition) is 2. The molecule has 1 aliphatic rings. The molecular formula is C4H6ClNO. The van der Waals surface area contributed by atoms with Crippen LogP contribution >= 0.6 is 11.6 Å². The first-order valence-electron chi connectivity index (χ1n) is 2.17. The van der Waals surface area contributed by atoms with Gasteiger partial charge in [0.2, 0.25) is 0 Å². The van der Waals surface area contributed by atoms with Crippen molar-refractivity contribution in [3.8, 4) is 0 Å². The van der Waals surface area contributed by atoms with Crippen LogP contribution in [0.5, 0.6) is 0 Å². The van der Waals surface area contributed by atoms with Crippen molar-refractivity contribution in [3.05, 3.63) is 0 Å². The monoisotopic (exact) mass is 119 g/mol. The van der Waals surface area contributed by atoms with Crippen LogP contribution in [-0.2, 0) is 4.84 Å². The second kappa shape index (κ2) is 1.70. The number of nitrogens with zero attached hydrogens (tertiary/aromatic N) is 1. The van der Waals surface area contributed by atoms with Gasteiger partial charge < -0.3 is 4.84 Å². The van der Waals surface area contributed by atoms with E-state index in [9.17, 15) is 0 Å². The van der Waals surface area contributed by atoms with Crippen LogP contribution in [0.15, 0.2) is 5.16 Å². The maximum atomic E-state index is 5.43. The van der Waals surface area contributed by atoms with E-state index in [2.05, 4.69) is 5.16 Å². The highest BCUT2D eigenvalue weighted by Gasteiger charge is 2.12. The molecular weight excluding hydrogens is 114 g/mol. The van der Waals surface area contributed by atoms with Gasteiger partial charge in [-0.2, -0.15) is 0 Å². The Morgan fingerprint density at radius 2 is 2.71 bits per heavy atom. The lowest BCUT2D eigenvalue weighted by molar-refractivity contribution is 0.0996. The van der Waals surface area contributed by atoms with Gasteiger partial charge in [0.15, 0.2) is 0 Å². The molecule has 0 spiro atoms. The van der Waals surface area contributed by atoms with E-state index in [0.29, 0.717) is 5.17 Å². The Kier molecular flexibility index (Phi) is 1.19. The van der Waals surface area contributed by atoms with E-state index in [0.717, 1.165) is 6.42 Å². The first kappa shape index (κ1) is 4.91. The third kappa shape index (κ3) is 1.06. The summed E-state index contributed by atoms with van der Waals surface area (Å²) in [5.74, 6) is 0. The van der Waals surface area contributed by atoms with E-state index in [4.69, 9.17) is 16.4 Å². The van der Waals surface area contributed by atoms with E-state index in [1.54, 1.807) is 0 Å². The van der Waals surface area contributed by atoms with Gasteiger partial charge in [0.25, 0.3) is 0 Å². The Hall–Kier alpha value is -0.240. The Labute approximate surface area is 47.1 Å². The second-order valence-electron chi connectivity index (χ2n) is 1.59. The molecule has 0 aromatic rings. The zero-order chi connectivity index (χ0) is 5.28. The summed E-state index contributed by atoms with van der Waals surface area (Å²) < 4.78 is 0. The minimum absolute atomic E-state index is 0.187. The van der Waals surface area contributed by atoms with Gasteiger partial charge in [-0.05, 0) is 6.92 Å². The molecule has 0 radical (unpaired) electrons. The molecule has 0 fully saturated rings. The van der Waals surface area contributed by atoms with Crippen molar-refractivity contribution in [1.29, 1.82) is 0 Å². The normalized spacial score (nSPS) is 29.4.